The fourth-order valence-electron chi connectivity index (χ4n) is 3.21. The number of thioether (sulfide) groups is 1. The molecule has 0 fully saturated rings. The van der Waals surface area contributed by atoms with E-state index in [-0.39, 0.29) is 5.56 Å². The molecule has 3 aromatic heterocycles. The molecule has 7 nitrogen and oxygen atoms in total. The van der Waals surface area contributed by atoms with Crippen molar-refractivity contribution < 1.29 is 8.83 Å². The molecule has 0 spiro atoms. The lowest BCUT2D eigenvalue weighted by molar-refractivity contribution is 0.476. The van der Waals surface area contributed by atoms with E-state index in [0.717, 1.165) is 11.1 Å². The van der Waals surface area contributed by atoms with E-state index in [1.165, 1.54) is 11.8 Å². The summed E-state index contributed by atoms with van der Waals surface area (Å²) < 4.78 is 12.9. The minimum Gasteiger partial charge on any atom is -0.467 e. The molecule has 3 heterocycles. The largest absolute Gasteiger partial charge is 0.467 e. The third-order valence-corrected chi connectivity index (χ3v) is 5.77. The van der Waals surface area contributed by atoms with Crippen LogP contribution >= 0.6 is 11.8 Å². The van der Waals surface area contributed by atoms with Crippen molar-refractivity contribution in [2.24, 2.45) is 0 Å². The Labute approximate surface area is 181 Å². The van der Waals surface area contributed by atoms with Gasteiger partial charge in [-0.1, -0.05) is 41.6 Å². The van der Waals surface area contributed by atoms with Crippen LogP contribution in [-0.2, 0) is 12.3 Å². The maximum Gasteiger partial charge on any atom is 0.262 e. The molecule has 154 valence electrons. The Morgan fingerprint density at radius 1 is 1.00 bits per heavy atom. The van der Waals surface area contributed by atoms with Crippen LogP contribution in [0, 0.1) is 6.92 Å². The van der Waals surface area contributed by atoms with Crippen molar-refractivity contribution in [1.82, 2.24) is 19.7 Å². The first-order valence-corrected chi connectivity index (χ1v) is 10.7. The van der Waals surface area contributed by atoms with Gasteiger partial charge in [0.25, 0.3) is 5.56 Å². The molecule has 0 aliphatic carbocycles. The minimum absolute atomic E-state index is 0.115. The molecule has 0 radical (unpaired) electrons. The van der Waals surface area contributed by atoms with E-state index in [2.05, 4.69) is 10.2 Å². The molecule has 0 unspecified atom stereocenters. The Morgan fingerprint density at radius 3 is 2.65 bits per heavy atom. The third-order valence-electron chi connectivity index (χ3n) is 4.81. The maximum absolute atomic E-state index is 13.1. The van der Waals surface area contributed by atoms with Gasteiger partial charge in [-0.15, -0.1) is 10.2 Å². The predicted molar refractivity (Wildman–Crippen MR) is 118 cm³/mol. The zero-order chi connectivity index (χ0) is 21.2. The van der Waals surface area contributed by atoms with Crippen LogP contribution in [0.4, 0.5) is 0 Å². The van der Waals surface area contributed by atoms with Crippen LogP contribution in [0.1, 0.15) is 17.2 Å². The number of hydrogen-bond acceptors (Lipinski definition) is 7. The number of aryl methyl sites for hydroxylation is 1. The molecule has 31 heavy (non-hydrogen) atoms. The predicted octanol–water partition coefficient (Wildman–Crippen LogP) is 4.69. The maximum atomic E-state index is 13.1. The molecule has 0 N–H and O–H groups in total. The zero-order valence-electron chi connectivity index (χ0n) is 16.7. The summed E-state index contributed by atoms with van der Waals surface area (Å²) in [5.41, 5.74) is 2.57. The van der Waals surface area contributed by atoms with Crippen LogP contribution < -0.4 is 5.56 Å². The van der Waals surface area contributed by atoms with Gasteiger partial charge >= 0.3 is 0 Å². The van der Waals surface area contributed by atoms with E-state index in [1.807, 2.05) is 55.5 Å². The van der Waals surface area contributed by atoms with Crippen molar-refractivity contribution in [3.05, 3.63) is 94.5 Å². The minimum atomic E-state index is -0.115. The Kier molecular flexibility index (Phi) is 5.13. The molecule has 0 saturated heterocycles. The van der Waals surface area contributed by atoms with Gasteiger partial charge in [0.2, 0.25) is 11.8 Å². The normalized spacial score (nSPS) is 11.3. The van der Waals surface area contributed by atoms with E-state index in [0.29, 0.717) is 45.9 Å². The summed E-state index contributed by atoms with van der Waals surface area (Å²) in [6, 6.07) is 18.9. The SMILES string of the molecule is Cc1ccc(-c2nnc(CSc3nc4ccccc4c(=O)n3Cc3ccco3)o2)cc1. The zero-order valence-corrected chi connectivity index (χ0v) is 17.5. The lowest BCUT2D eigenvalue weighted by Crippen LogP contribution is -2.23. The molecule has 8 heteroatoms. The number of para-hydroxylation sites is 1. The highest BCUT2D eigenvalue weighted by Gasteiger charge is 2.15. The standard InChI is InChI=1S/C23H18N4O3S/c1-15-8-10-16(11-9-15)21-26-25-20(30-21)14-31-23-24-19-7-3-2-6-18(19)22(28)27(23)13-17-5-4-12-29-17/h2-12H,13-14H2,1H3. The van der Waals surface area contributed by atoms with E-state index in [4.69, 9.17) is 13.8 Å². The van der Waals surface area contributed by atoms with Crippen molar-refractivity contribution in [3.8, 4) is 11.5 Å². The van der Waals surface area contributed by atoms with Crippen LogP contribution in [0.25, 0.3) is 22.4 Å². The fraction of sp³-hybridized carbons (Fsp3) is 0.130. The van der Waals surface area contributed by atoms with Gasteiger partial charge in [-0.25, -0.2) is 4.98 Å². The number of benzene rings is 2. The molecule has 0 aliphatic heterocycles. The summed E-state index contributed by atoms with van der Waals surface area (Å²) in [6.45, 7) is 2.32. The average Bonchev–Trinajstić information content (AvgIpc) is 3.47. The molecular weight excluding hydrogens is 412 g/mol. The highest BCUT2D eigenvalue weighted by atomic mass is 32.2. The Balaban J connectivity index is 1.44. The molecule has 0 amide bonds. The monoisotopic (exact) mass is 430 g/mol. The first-order chi connectivity index (χ1) is 15.2. The van der Waals surface area contributed by atoms with Gasteiger partial charge in [-0.3, -0.25) is 9.36 Å². The van der Waals surface area contributed by atoms with Crippen LogP contribution in [-0.4, -0.2) is 19.7 Å². The van der Waals surface area contributed by atoms with E-state index in [1.54, 1.807) is 23.0 Å². The van der Waals surface area contributed by atoms with Crippen LogP contribution in [0.5, 0.6) is 0 Å². The van der Waals surface area contributed by atoms with Crippen molar-refractivity contribution in [2.75, 3.05) is 0 Å². The smallest absolute Gasteiger partial charge is 0.262 e. The van der Waals surface area contributed by atoms with E-state index >= 15 is 0 Å². The first-order valence-electron chi connectivity index (χ1n) is 9.71. The van der Waals surface area contributed by atoms with Crippen molar-refractivity contribution in [1.29, 1.82) is 0 Å². The summed E-state index contributed by atoms with van der Waals surface area (Å²) >= 11 is 1.38. The highest BCUT2D eigenvalue weighted by molar-refractivity contribution is 7.98. The van der Waals surface area contributed by atoms with Gasteiger partial charge in [0.05, 0.1) is 29.5 Å². The Hall–Kier alpha value is -3.65. The third kappa shape index (κ3) is 4.02. The molecule has 0 atom stereocenters. The first kappa shape index (κ1) is 19.3. The number of fused-ring (bicyclic) bond motifs is 1. The second-order valence-corrected chi connectivity index (χ2v) is 7.98. The quantitative estimate of drug-likeness (QED) is 0.285. The summed E-state index contributed by atoms with van der Waals surface area (Å²) in [5.74, 6) is 2.00. The lowest BCUT2D eigenvalue weighted by atomic mass is 10.1. The average molecular weight is 430 g/mol. The van der Waals surface area contributed by atoms with Gasteiger partial charge in [-0.05, 0) is 43.3 Å². The van der Waals surface area contributed by atoms with E-state index in [9.17, 15) is 4.79 Å². The molecule has 2 aromatic carbocycles. The topological polar surface area (TPSA) is 87.0 Å². The van der Waals surface area contributed by atoms with Crippen LogP contribution in [0.15, 0.2) is 85.7 Å². The van der Waals surface area contributed by atoms with Crippen molar-refractivity contribution in [3.63, 3.8) is 0 Å². The molecule has 5 aromatic rings. The molecule has 5 rings (SSSR count). The number of aromatic nitrogens is 4. The molecule has 0 bridgehead atoms. The Bertz CT molecular complexity index is 1390. The van der Waals surface area contributed by atoms with Gasteiger partial charge in [0.15, 0.2) is 5.16 Å². The lowest BCUT2D eigenvalue weighted by Gasteiger charge is -2.11. The summed E-state index contributed by atoms with van der Waals surface area (Å²) in [4.78, 5) is 17.8. The summed E-state index contributed by atoms with van der Waals surface area (Å²) in [6.07, 6.45) is 1.59. The van der Waals surface area contributed by atoms with Gasteiger partial charge < -0.3 is 8.83 Å². The number of nitrogens with zero attached hydrogens (tertiary/aromatic N) is 4. The molecule has 0 aliphatic rings. The number of hydrogen-bond donors (Lipinski definition) is 0. The molecule has 0 saturated carbocycles. The van der Waals surface area contributed by atoms with Crippen LogP contribution in [0.2, 0.25) is 0 Å². The van der Waals surface area contributed by atoms with Gasteiger partial charge in [0.1, 0.15) is 5.76 Å². The van der Waals surface area contributed by atoms with Gasteiger partial charge in [-0.2, -0.15) is 0 Å². The Morgan fingerprint density at radius 2 is 1.84 bits per heavy atom. The second-order valence-electron chi connectivity index (χ2n) is 7.04. The van der Waals surface area contributed by atoms with Crippen molar-refractivity contribution >= 4 is 22.7 Å². The van der Waals surface area contributed by atoms with Crippen LogP contribution in [0.3, 0.4) is 0 Å². The second kappa shape index (κ2) is 8.23. The number of furan rings is 1. The molecular formula is C23H18N4O3S. The van der Waals surface area contributed by atoms with Crippen molar-refractivity contribution in [2.45, 2.75) is 24.4 Å². The highest BCUT2D eigenvalue weighted by Crippen LogP contribution is 2.25. The summed E-state index contributed by atoms with van der Waals surface area (Å²) in [7, 11) is 0. The summed E-state index contributed by atoms with van der Waals surface area (Å²) in [5, 5.41) is 9.43. The fourth-order valence-corrected chi connectivity index (χ4v) is 4.04. The van der Waals surface area contributed by atoms with Gasteiger partial charge in [0, 0.05) is 5.56 Å². The number of rotatable bonds is 6. The van der Waals surface area contributed by atoms with E-state index < -0.39 is 0 Å².